The van der Waals surface area contributed by atoms with Gasteiger partial charge in [-0.3, -0.25) is 4.31 Å². The topological polar surface area (TPSA) is 49.9 Å². The quantitative estimate of drug-likeness (QED) is 0.277. The molecule has 4 rings (SSSR count). The largest absolute Gasteiger partial charge is 0.573 e. The second-order valence-corrected chi connectivity index (χ2v) is 11.0. The maximum Gasteiger partial charge on any atom is 0.573 e. The van der Waals surface area contributed by atoms with Crippen LogP contribution in [0, 0.1) is 6.92 Å². The average Bonchev–Trinajstić information content (AvgIpc) is 3.13. The van der Waals surface area contributed by atoms with E-state index in [-0.39, 0.29) is 17.2 Å². The lowest BCUT2D eigenvalue weighted by molar-refractivity contribution is -0.274. The molecular formula is C25H23F3N2O3S2. The number of hydrogen-bond donors (Lipinski definition) is 0. The Kier molecular flexibility index (Phi) is 6.70. The molecule has 5 nitrogen and oxygen atoms in total. The molecule has 3 aromatic carbocycles. The van der Waals surface area contributed by atoms with Crippen molar-refractivity contribution in [2.75, 3.05) is 23.3 Å². The molecule has 0 atom stereocenters. The lowest BCUT2D eigenvalue weighted by atomic mass is 10.2. The van der Waals surface area contributed by atoms with Gasteiger partial charge in [-0.1, -0.05) is 30.3 Å². The summed E-state index contributed by atoms with van der Waals surface area (Å²) in [5.41, 5.74) is 2.19. The van der Waals surface area contributed by atoms with Gasteiger partial charge in [0.2, 0.25) is 0 Å². The molecule has 0 bridgehead atoms. The van der Waals surface area contributed by atoms with Crippen LogP contribution in [0.2, 0.25) is 0 Å². The molecule has 4 aromatic rings. The Morgan fingerprint density at radius 1 is 0.914 bits per heavy atom. The van der Waals surface area contributed by atoms with E-state index in [0.29, 0.717) is 10.6 Å². The fraction of sp³-hybridized carbons (Fsp3) is 0.200. The van der Waals surface area contributed by atoms with Crippen molar-refractivity contribution in [3.8, 4) is 5.75 Å². The van der Waals surface area contributed by atoms with Crippen molar-refractivity contribution in [2.24, 2.45) is 0 Å². The molecule has 0 aliphatic carbocycles. The fourth-order valence-electron chi connectivity index (χ4n) is 3.67. The fourth-order valence-corrected chi connectivity index (χ4v) is 6.60. The number of nitrogens with zero attached hydrogens (tertiary/aromatic N) is 2. The first kappa shape index (κ1) is 24.9. The Balaban J connectivity index is 1.77. The Hall–Kier alpha value is -3.24. The highest BCUT2D eigenvalue weighted by atomic mass is 32.2. The summed E-state index contributed by atoms with van der Waals surface area (Å²) in [6.45, 7) is 1.81. The number of alkyl halides is 3. The highest BCUT2D eigenvalue weighted by Gasteiger charge is 2.31. The molecule has 0 saturated heterocycles. The molecule has 0 saturated carbocycles. The van der Waals surface area contributed by atoms with Crippen molar-refractivity contribution in [2.45, 2.75) is 24.7 Å². The number of halogens is 3. The summed E-state index contributed by atoms with van der Waals surface area (Å²) in [5, 5.41) is 1.50. The van der Waals surface area contributed by atoms with Crippen LogP contribution in [0.5, 0.6) is 5.75 Å². The van der Waals surface area contributed by atoms with E-state index in [1.165, 1.54) is 39.9 Å². The molecule has 0 aliphatic heterocycles. The van der Waals surface area contributed by atoms with Gasteiger partial charge in [-0.05, 0) is 65.9 Å². The SMILES string of the molecule is Cc1c(N(Cc2ccc(OC(F)(F)F)cc2)S(=O)(=O)c2ccc(N(C)C)cc2)sc2ccccc12. The van der Waals surface area contributed by atoms with E-state index < -0.39 is 16.4 Å². The predicted molar refractivity (Wildman–Crippen MR) is 134 cm³/mol. The Bertz CT molecular complexity index is 1430. The second kappa shape index (κ2) is 9.43. The summed E-state index contributed by atoms with van der Waals surface area (Å²) in [4.78, 5) is 1.99. The molecule has 10 heteroatoms. The summed E-state index contributed by atoms with van der Waals surface area (Å²) >= 11 is 1.36. The van der Waals surface area contributed by atoms with Gasteiger partial charge in [-0.2, -0.15) is 0 Å². The number of benzene rings is 3. The summed E-state index contributed by atoms with van der Waals surface area (Å²) in [5.74, 6) is -0.368. The van der Waals surface area contributed by atoms with E-state index in [1.807, 2.05) is 50.2 Å². The number of thiophene rings is 1. The molecule has 35 heavy (non-hydrogen) atoms. The van der Waals surface area contributed by atoms with Crippen LogP contribution < -0.4 is 13.9 Å². The van der Waals surface area contributed by atoms with Crippen molar-refractivity contribution in [1.82, 2.24) is 0 Å². The van der Waals surface area contributed by atoms with Crippen LogP contribution in [-0.2, 0) is 16.6 Å². The Morgan fingerprint density at radius 2 is 1.54 bits per heavy atom. The molecular weight excluding hydrogens is 497 g/mol. The van der Waals surface area contributed by atoms with Crippen LogP contribution in [0.3, 0.4) is 0 Å². The van der Waals surface area contributed by atoms with Gasteiger partial charge in [0.05, 0.1) is 11.4 Å². The summed E-state index contributed by atoms with van der Waals surface area (Å²) in [6.07, 6.45) is -4.80. The van der Waals surface area contributed by atoms with E-state index in [9.17, 15) is 21.6 Å². The minimum atomic E-state index is -4.80. The standard InChI is InChI=1S/C25H23F3N2O3S2/c1-17-22-6-4-5-7-23(22)34-24(17)30(16-18-8-12-20(13-9-18)33-25(26,27)28)35(31,32)21-14-10-19(11-15-21)29(2)3/h4-15H,16H2,1-3H3. The average molecular weight is 521 g/mol. The number of ether oxygens (including phenoxy) is 1. The van der Waals surface area contributed by atoms with Gasteiger partial charge >= 0.3 is 6.36 Å². The maximum atomic E-state index is 13.8. The van der Waals surface area contributed by atoms with E-state index >= 15 is 0 Å². The zero-order chi connectivity index (χ0) is 25.4. The van der Waals surface area contributed by atoms with Crippen LogP contribution in [-0.4, -0.2) is 28.9 Å². The van der Waals surface area contributed by atoms with Gasteiger partial charge in [0.25, 0.3) is 10.0 Å². The molecule has 0 N–H and O–H groups in total. The number of fused-ring (bicyclic) bond motifs is 1. The highest BCUT2D eigenvalue weighted by Crippen LogP contribution is 2.41. The molecule has 0 unspecified atom stereocenters. The Morgan fingerprint density at radius 3 is 2.11 bits per heavy atom. The molecule has 0 radical (unpaired) electrons. The summed E-state index contributed by atoms with van der Waals surface area (Å²) in [7, 11) is -0.263. The first-order valence-electron chi connectivity index (χ1n) is 10.6. The van der Waals surface area contributed by atoms with Crippen molar-refractivity contribution in [1.29, 1.82) is 0 Å². The monoisotopic (exact) mass is 520 g/mol. The molecule has 0 fully saturated rings. The first-order valence-corrected chi connectivity index (χ1v) is 12.8. The zero-order valence-electron chi connectivity index (χ0n) is 19.2. The molecule has 1 aromatic heterocycles. The van der Waals surface area contributed by atoms with Gasteiger partial charge in [0, 0.05) is 24.5 Å². The van der Waals surface area contributed by atoms with Crippen LogP contribution >= 0.6 is 11.3 Å². The molecule has 184 valence electrons. The molecule has 0 spiro atoms. The Labute approximate surface area is 206 Å². The smallest absolute Gasteiger partial charge is 0.406 e. The van der Waals surface area contributed by atoms with Crippen LogP contribution in [0.4, 0.5) is 23.9 Å². The molecule has 0 aliphatic rings. The van der Waals surface area contributed by atoms with Crippen LogP contribution in [0.25, 0.3) is 10.1 Å². The van der Waals surface area contributed by atoms with Gasteiger partial charge in [0.1, 0.15) is 10.8 Å². The third kappa shape index (κ3) is 5.38. The number of sulfonamides is 1. The van der Waals surface area contributed by atoms with Gasteiger partial charge in [0.15, 0.2) is 0 Å². The predicted octanol–water partition coefficient (Wildman–Crippen LogP) is 6.57. The number of rotatable bonds is 7. The zero-order valence-corrected chi connectivity index (χ0v) is 20.8. The second-order valence-electron chi connectivity index (χ2n) is 8.12. The van der Waals surface area contributed by atoms with Gasteiger partial charge in [-0.25, -0.2) is 8.42 Å². The highest BCUT2D eigenvalue weighted by molar-refractivity contribution is 7.93. The lowest BCUT2D eigenvalue weighted by Gasteiger charge is -2.24. The van der Waals surface area contributed by atoms with Gasteiger partial charge in [-0.15, -0.1) is 24.5 Å². The van der Waals surface area contributed by atoms with Crippen LogP contribution in [0.15, 0.2) is 77.7 Å². The number of anilines is 2. The molecule has 0 amide bonds. The minimum absolute atomic E-state index is 0.0578. The van der Waals surface area contributed by atoms with Crippen molar-refractivity contribution in [3.63, 3.8) is 0 Å². The van der Waals surface area contributed by atoms with Crippen molar-refractivity contribution in [3.05, 3.63) is 83.9 Å². The van der Waals surface area contributed by atoms with Crippen molar-refractivity contribution >= 4 is 42.1 Å². The van der Waals surface area contributed by atoms with E-state index in [0.717, 1.165) is 21.3 Å². The number of aryl methyl sites for hydroxylation is 1. The lowest BCUT2D eigenvalue weighted by Crippen LogP contribution is -2.30. The third-order valence-electron chi connectivity index (χ3n) is 5.47. The van der Waals surface area contributed by atoms with E-state index in [1.54, 1.807) is 24.3 Å². The van der Waals surface area contributed by atoms with E-state index in [4.69, 9.17) is 0 Å². The number of hydrogen-bond acceptors (Lipinski definition) is 5. The third-order valence-corrected chi connectivity index (χ3v) is 8.64. The van der Waals surface area contributed by atoms with Gasteiger partial charge < -0.3 is 9.64 Å². The normalized spacial score (nSPS) is 12.1. The van der Waals surface area contributed by atoms with E-state index in [2.05, 4.69) is 4.74 Å². The summed E-state index contributed by atoms with van der Waals surface area (Å²) < 4.78 is 71.5. The van der Waals surface area contributed by atoms with Crippen LogP contribution in [0.1, 0.15) is 11.1 Å². The van der Waals surface area contributed by atoms with Crippen molar-refractivity contribution < 1.29 is 26.3 Å². The maximum absolute atomic E-state index is 13.8. The minimum Gasteiger partial charge on any atom is -0.406 e. The summed E-state index contributed by atoms with van der Waals surface area (Å²) in [6, 6.07) is 19.4. The molecule has 1 heterocycles. The first-order chi connectivity index (χ1) is 16.5.